The molecule has 0 unspecified atom stereocenters. The van der Waals surface area contributed by atoms with Crippen molar-refractivity contribution < 1.29 is 13.5 Å². The highest BCUT2D eigenvalue weighted by Crippen LogP contribution is 2.30. The van der Waals surface area contributed by atoms with Gasteiger partial charge < -0.3 is 5.11 Å². The molecule has 0 atom stereocenters. The van der Waals surface area contributed by atoms with Gasteiger partial charge in [-0.25, -0.2) is 8.42 Å². The van der Waals surface area contributed by atoms with Crippen molar-refractivity contribution in [2.24, 2.45) is 0 Å². The normalized spacial score (nSPS) is 19.5. The minimum Gasteiger partial charge on any atom is -0.387 e. The van der Waals surface area contributed by atoms with Crippen LogP contribution in [-0.4, -0.2) is 36.5 Å². The van der Waals surface area contributed by atoms with Crippen LogP contribution in [0.3, 0.4) is 0 Å². The van der Waals surface area contributed by atoms with Crippen molar-refractivity contribution in [2.75, 3.05) is 13.1 Å². The summed E-state index contributed by atoms with van der Waals surface area (Å²) in [5, 5.41) is 10.6. The molecule has 100 valence electrons. The van der Waals surface area contributed by atoms with Gasteiger partial charge >= 0.3 is 0 Å². The van der Waals surface area contributed by atoms with Gasteiger partial charge in [0.25, 0.3) is 0 Å². The molecule has 0 radical (unpaired) electrons. The van der Waals surface area contributed by atoms with E-state index in [1.165, 1.54) is 4.31 Å². The molecule has 0 amide bonds. The molecule has 0 aliphatic carbocycles. The molecule has 0 spiro atoms. The zero-order valence-electron chi connectivity index (χ0n) is 10.1. The molecule has 1 aliphatic rings. The van der Waals surface area contributed by atoms with Crippen molar-refractivity contribution in [3.63, 3.8) is 0 Å². The molecule has 1 saturated heterocycles. The maximum atomic E-state index is 12.2. The number of alkyl halides is 1. The van der Waals surface area contributed by atoms with Crippen LogP contribution in [0.5, 0.6) is 0 Å². The Morgan fingerprint density at radius 3 is 2.33 bits per heavy atom. The average Bonchev–Trinajstić information content (AvgIpc) is 2.35. The Morgan fingerprint density at radius 1 is 1.33 bits per heavy atom. The second-order valence-electron chi connectivity index (χ2n) is 4.63. The molecular weight excluding hydrogens is 318 g/mol. The molecule has 1 aromatic rings. The van der Waals surface area contributed by atoms with E-state index >= 15 is 0 Å². The van der Waals surface area contributed by atoms with Gasteiger partial charge in [-0.3, -0.25) is 0 Å². The summed E-state index contributed by atoms with van der Waals surface area (Å²) < 4.78 is 25.8. The van der Waals surface area contributed by atoms with Crippen molar-refractivity contribution >= 4 is 26.0 Å². The largest absolute Gasteiger partial charge is 0.387 e. The third-order valence-corrected chi connectivity index (χ3v) is 5.77. The van der Waals surface area contributed by atoms with Gasteiger partial charge in [-0.05, 0) is 24.1 Å². The van der Waals surface area contributed by atoms with Crippen molar-refractivity contribution in [3.8, 4) is 0 Å². The fraction of sp³-hybridized carbons (Fsp3) is 0.500. The van der Waals surface area contributed by atoms with E-state index in [1.807, 2.05) is 6.92 Å². The van der Waals surface area contributed by atoms with E-state index in [2.05, 4.69) is 15.9 Å². The number of rotatable bonds is 4. The van der Waals surface area contributed by atoms with Gasteiger partial charge in [0.1, 0.15) is 0 Å². The van der Waals surface area contributed by atoms with Crippen molar-refractivity contribution in [2.45, 2.75) is 29.2 Å². The minimum atomic E-state index is -3.45. The SMILES string of the molecule is CCC1(O)CN(S(=O)(=O)c2ccc(CBr)cc2)C1. The second kappa shape index (κ2) is 4.92. The van der Waals surface area contributed by atoms with Crippen LogP contribution in [0, 0.1) is 0 Å². The quantitative estimate of drug-likeness (QED) is 0.853. The lowest BCUT2D eigenvalue weighted by Crippen LogP contribution is -2.62. The third kappa shape index (κ3) is 2.47. The van der Waals surface area contributed by atoms with Gasteiger partial charge in [0, 0.05) is 18.4 Å². The van der Waals surface area contributed by atoms with E-state index < -0.39 is 15.6 Å². The molecule has 4 nitrogen and oxygen atoms in total. The highest BCUT2D eigenvalue weighted by atomic mass is 79.9. The molecule has 1 aliphatic heterocycles. The Labute approximate surface area is 116 Å². The number of hydrogen-bond acceptors (Lipinski definition) is 3. The molecule has 6 heteroatoms. The zero-order valence-corrected chi connectivity index (χ0v) is 12.5. The third-order valence-electron chi connectivity index (χ3n) is 3.31. The topological polar surface area (TPSA) is 57.6 Å². The highest BCUT2D eigenvalue weighted by molar-refractivity contribution is 9.08. The van der Waals surface area contributed by atoms with E-state index in [1.54, 1.807) is 24.3 Å². The van der Waals surface area contributed by atoms with Crippen LogP contribution in [0.2, 0.25) is 0 Å². The van der Waals surface area contributed by atoms with Gasteiger partial charge in [-0.1, -0.05) is 35.0 Å². The minimum absolute atomic E-state index is 0.187. The molecule has 1 aromatic carbocycles. The standard InChI is InChI=1S/C12H16BrNO3S/c1-2-12(15)8-14(9-12)18(16,17)11-5-3-10(7-13)4-6-11/h3-6,15H,2,7-9H2,1H3. The highest BCUT2D eigenvalue weighted by Gasteiger charge is 2.45. The van der Waals surface area contributed by atoms with Gasteiger partial charge in [0.05, 0.1) is 10.5 Å². The molecule has 1 heterocycles. The maximum Gasteiger partial charge on any atom is 0.243 e. The number of aliphatic hydroxyl groups is 1. The van der Waals surface area contributed by atoms with Gasteiger partial charge in [0.15, 0.2) is 0 Å². The summed E-state index contributed by atoms with van der Waals surface area (Å²) in [5.74, 6) is 0. The fourth-order valence-corrected chi connectivity index (χ4v) is 3.88. The average molecular weight is 334 g/mol. The molecule has 18 heavy (non-hydrogen) atoms. The number of hydrogen-bond donors (Lipinski definition) is 1. The summed E-state index contributed by atoms with van der Waals surface area (Å²) in [7, 11) is -3.45. The Morgan fingerprint density at radius 2 is 1.89 bits per heavy atom. The number of sulfonamides is 1. The molecule has 1 fully saturated rings. The van der Waals surface area contributed by atoms with Crippen LogP contribution in [-0.2, 0) is 15.4 Å². The zero-order chi connectivity index (χ0) is 13.4. The predicted molar refractivity (Wildman–Crippen MR) is 73.1 cm³/mol. The number of halogens is 1. The molecule has 0 aromatic heterocycles. The van der Waals surface area contributed by atoms with E-state index in [4.69, 9.17) is 0 Å². The monoisotopic (exact) mass is 333 g/mol. The van der Waals surface area contributed by atoms with Crippen LogP contribution in [0.1, 0.15) is 18.9 Å². The summed E-state index contributed by atoms with van der Waals surface area (Å²) in [4.78, 5) is 0.283. The van der Waals surface area contributed by atoms with Crippen LogP contribution in [0.4, 0.5) is 0 Å². The molecule has 2 rings (SSSR count). The fourth-order valence-electron chi connectivity index (χ4n) is 1.90. The van der Waals surface area contributed by atoms with E-state index in [0.717, 1.165) is 5.56 Å². The molecular formula is C12H16BrNO3S. The van der Waals surface area contributed by atoms with Gasteiger partial charge in [-0.2, -0.15) is 4.31 Å². The van der Waals surface area contributed by atoms with Crippen molar-refractivity contribution in [1.82, 2.24) is 4.31 Å². The smallest absolute Gasteiger partial charge is 0.243 e. The van der Waals surface area contributed by atoms with Crippen LogP contribution in [0.25, 0.3) is 0 Å². The van der Waals surface area contributed by atoms with Gasteiger partial charge in [0.2, 0.25) is 10.0 Å². The number of β-amino-alcohol motifs (C(OH)–C–C–N with tert-alkyl or cyclic N) is 1. The van der Waals surface area contributed by atoms with Gasteiger partial charge in [-0.15, -0.1) is 0 Å². The Balaban J connectivity index is 2.17. The Bertz CT molecular complexity index is 521. The van der Waals surface area contributed by atoms with E-state index in [0.29, 0.717) is 11.8 Å². The van der Waals surface area contributed by atoms with Crippen LogP contribution >= 0.6 is 15.9 Å². The Kier molecular flexibility index (Phi) is 3.82. The van der Waals surface area contributed by atoms with Crippen LogP contribution < -0.4 is 0 Å². The summed E-state index contributed by atoms with van der Waals surface area (Å²) in [5.41, 5.74) is 0.186. The lowest BCUT2D eigenvalue weighted by Gasteiger charge is -2.44. The van der Waals surface area contributed by atoms with Crippen LogP contribution in [0.15, 0.2) is 29.2 Å². The van der Waals surface area contributed by atoms with Crippen molar-refractivity contribution in [3.05, 3.63) is 29.8 Å². The van der Waals surface area contributed by atoms with E-state index in [9.17, 15) is 13.5 Å². The molecule has 1 N–H and O–H groups in total. The second-order valence-corrected chi connectivity index (χ2v) is 7.13. The van der Waals surface area contributed by atoms with E-state index in [-0.39, 0.29) is 18.0 Å². The summed E-state index contributed by atoms with van der Waals surface area (Å²) in [6, 6.07) is 6.78. The maximum absolute atomic E-state index is 12.2. The first-order valence-corrected chi connectivity index (χ1v) is 8.35. The Hall–Kier alpha value is -0.430. The molecule has 0 bridgehead atoms. The first kappa shape index (κ1) is 14.0. The van der Waals surface area contributed by atoms with Crippen molar-refractivity contribution in [1.29, 1.82) is 0 Å². The lowest BCUT2D eigenvalue weighted by atomic mass is 9.94. The predicted octanol–water partition coefficient (Wildman–Crippen LogP) is 1.73. The lowest BCUT2D eigenvalue weighted by molar-refractivity contribution is -0.0613. The first-order valence-electron chi connectivity index (χ1n) is 5.79. The number of nitrogens with zero attached hydrogens (tertiary/aromatic N) is 1. The summed E-state index contributed by atoms with van der Waals surface area (Å²) in [6.07, 6.45) is 0.571. The molecule has 0 saturated carbocycles. The number of benzene rings is 1. The summed E-state index contributed by atoms with van der Waals surface area (Å²) in [6.45, 7) is 2.23. The summed E-state index contributed by atoms with van der Waals surface area (Å²) >= 11 is 3.32. The first-order chi connectivity index (χ1) is 8.41.